The van der Waals surface area contributed by atoms with Crippen molar-refractivity contribution in [2.75, 3.05) is 19.6 Å². The van der Waals surface area contributed by atoms with Crippen LogP contribution in [-0.2, 0) is 6.18 Å². The van der Waals surface area contributed by atoms with Gasteiger partial charge in [-0.3, -0.25) is 0 Å². The molecule has 2 aliphatic rings. The van der Waals surface area contributed by atoms with Gasteiger partial charge in [-0.25, -0.2) is 0 Å². The second kappa shape index (κ2) is 7.94. The van der Waals surface area contributed by atoms with Crippen LogP contribution in [0, 0.1) is 56.7 Å². The number of nitrogens with zero attached hydrogens (tertiary/aromatic N) is 3. The number of nitriles is 3. The van der Waals surface area contributed by atoms with Crippen molar-refractivity contribution < 1.29 is 18.1 Å². The van der Waals surface area contributed by atoms with E-state index in [-0.39, 0.29) is 5.71 Å². The fraction of sp³-hybridized carbons (Fsp3) is 0.455. The summed E-state index contributed by atoms with van der Waals surface area (Å²) < 4.78 is 39.9. The van der Waals surface area contributed by atoms with E-state index in [4.69, 9.17) is 5.41 Å². The molecule has 1 aromatic rings. The van der Waals surface area contributed by atoms with E-state index in [1.54, 1.807) is 6.08 Å². The van der Waals surface area contributed by atoms with Gasteiger partial charge < -0.3 is 10.3 Å². The first-order valence-corrected chi connectivity index (χ1v) is 9.75. The summed E-state index contributed by atoms with van der Waals surface area (Å²) in [5.74, 6) is -2.35. The van der Waals surface area contributed by atoms with E-state index in [0.29, 0.717) is 24.2 Å². The summed E-state index contributed by atoms with van der Waals surface area (Å²) >= 11 is 0. The maximum absolute atomic E-state index is 13.3. The van der Waals surface area contributed by atoms with Crippen molar-refractivity contribution in [1.82, 2.24) is 0 Å². The van der Waals surface area contributed by atoms with Gasteiger partial charge in [-0.05, 0) is 29.7 Å². The molecule has 4 atom stereocenters. The quantitative estimate of drug-likeness (QED) is 0.747. The minimum Gasteiger partial charge on any atom is -0.331 e. The molecule has 2 N–H and O–H groups in total. The van der Waals surface area contributed by atoms with Gasteiger partial charge in [-0.1, -0.05) is 25.1 Å². The fourth-order valence-corrected chi connectivity index (χ4v) is 4.79. The molecule has 154 valence electrons. The third-order valence-electron chi connectivity index (χ3n) is 6.14. The molecule has 1 aromatic carbocycles. The number of benzene rings is 1. The predicted molar refractivity (Wildman–Crippen MR) is 102 cm³/mol. The average molecular weight is 412 g/mol. The van der Waals surface area contributed by atoms with Crippen molar-refractivity contribution in [3.63, 3.8) is 0 Å². The Bertz CT molecular complexity index is 991. The number of hydrogen-bond acceptors (Lipinski definition) is 4. The van der Waals surface area contributed by atoms with E-state index in [0.717, 1.165) is 25.1 Å². The van der Waals surface area contributed by atoms with E-state index in [1.807, 2.05) is 25.1 Å². The fourth-order valence-electron chi connectivity index (χ4n) is 4.79. The number of rotatable bonds is 3. The van der Waals surface area contributed by atoms with Gasteiger partial charge in [0.25, 0.3) is 0 Å². The summed E-state index contributed by atoms with van der Waals surface area (Å²) in [5.41, 5.74) is -2.26. The molecule has 0 bridgehead atoms. The van der Waals surface area contributed by atoms with Crippen molar-refractivity contribution in [2.24, 2.45) is 17.3 Å². The highest BCUT2D eigenvalue weighted by atomic mass is 19.4. The maximum Gasteiger partial charge on any atom is 0.416 e. The van der Waals surface area contributed by atoms with Gasteiger partial charge in [-0.15, -0.1) is 0 Å². The number of quaternary nitrogens is 1. The van der Waals surface area contributed by atoms with E-state index in [1.165, 1.54) is 17.0 Å². The van der Waals surface area contributed by atoms with Crippen LogP contribution in [0.1, 0.15) is 30.4 Å². The molecule has 30 heavy (non-hydrogen) atoms. The van der Waals surface area contributed by atoms with Crippen LogP contribution in [0.5, 0.6) is 0 Å². The van der Waals surface area contributed by atoms with Gasteiger partial charge >= 0.3 is 6.18 Å². The Morgan fingerprint density at radius 2 is 1.93 bits per heavy atom. The van der Waals surface area contributed by atoms with Gasteiger partial charge in [0.05, 0.1) is 55.0 Å². The normalized spacial score (nSPS) is 27.8. The molecule has 0 aromatic heterocycles. The van der Waals surface area contributed by atoms with Crippen molar-refractivity contribution in [2.45, 2.75) is 25.4 Å². The summed E-state index contributed by atoms with van der Waals surface area (Å²) in [5, 5.41) is 38.0. The van der Waals surface area contributed by atoms with Crippen LogP contribution in [0.25, 0.3) is 0 Å². The van der Waals surface area contributed by atoms with Crippen molar-refractivity contribution in [1.29, 1.82) is 21.2 Å². The monoisotopic (exact) mass is 412 g/mol. The van der Waals surface area contributed by atoms with Gasteiger partial charge in [0, 0.05) is 11.8 Å². The molecule has 0 amide bonds. The van der Waals surface area contributed by atoms with Crippen molar-refractivity contribution in [3.8, 4) is 18.2 Å². The van der Waals surface area contributed by atoms with Crippen LogP contribution in [0.2, 0.25) is 0 Å². The second-order valence-corrected chi connectivity index (χ2v) is 7.82. The van der Waals surface area contributed by atoms with Crippen LogP contribution in [0.15, 0.2) is 35.9 Å². The van der Waals surface area contributed by atoms with Crippen LogP contribution in [-0.4, -0.2) is 25.3 Å². The molecule has 8 heteroatoms. The second-order valence-electron chi connectivity index (χ2n) is 7.82. The Hall–Kier alpha value is -3.15. The third-order valence-corrected chi connectivity index (χ3v) is 6.14. The lowest BCUT2D eigenvalue weighted by Gasteiger charge is -2.46. The van der Waals surface area contributed by atoms with Crippen molar-refractivity contribution >= 4 is 5.71 Å². The van der Waals surface area contributed by atoms with E-state index >= 15 is 0 Å². The van der Waals surface area contributed by atoms with Crippen LogP contribution in [0.4, 0.5) is 13.2 Å². The van der Waals surface area contributed by atoms with E-state index in [2.05, 4.69) is 0 Å². The van der Waals surface area contributed by atoms with Gasteiger partial charge in [0.1, 0.15) is 0 Å². The minimum absolute atomic E-state index is 0.305. The molecule has 1 saturated carbocycles. The van der Waals surface area contributed by atoms with E-state index < -0.39 is 34.9 Å². The van der Waals surface area contributed by atoms with Crippen molar-refractivity contribution in [3.05, 3.63) is 47.0 Å². The molecule has 5 nitrogen and oxygen atoms in total. The Morgan fingerprint density at radius 1 is 1.23 bits per heavy atom. The lowest BCUT2D eigenvalue weighted by Crippen LogP contribution is -3.13. The molecular formula is C22H21F3N5+. The zero-order chi connectivity index (χ0) is 22.1. The summed E-state index contributed by atoms with van der Waals surface area (Å²) in [7, 11) is 0. The first-order valence-electron chi connectivity index (χ1n) is 9.75. The number of nitrogens with one attached hydrogen (secondary N) is 2. The Balaban J connectivity index is 2.20. The predicted octanol–water partition coefficient (Wildman–Crippen LogP) is 2.85. The number of alkyl halides is 3. The SMILES string of the molecule is CCC[NH+]1CC=C2[C@H](C1)[C@H](c1cccc(C(F)(F)F)c1)[C@@H](C#N)C(=N)C2(C#N)C#N. The highest BCUT2D eigenvalue weighted by Gasteiger charge is 2.57. The zero-order valence-electron chi connectivity index (χ0n) is 16.4. The molecule has 1 heterocycles. The molecule has 1 aliphatic carbocycles. The molecule has 1 fully saturated rings. The molecule has 1 aliphatic heterocycles. The van der Waals surface area contributed by atoms with E-state index in [9.17, 15) is 29.0 Å². The summed E-state index contributed by atoms with van der Waals surface area (Å²) in [6, 6.07) is 10.7. The summed E-state index contributed by atoms with van der Waals surface area (Å²) in [6.07, 6.45) is -1.85. The number of halogens is 3. The topological polar surface area (TPSA) is 99.7 Å². The van der Waals surface area contributed by atoms with Gasteiger partial charge in [0.15, 0.2) is 0 Å². The molecule has 3 rings (SSSR count). The Kier molecular flexibility index (Phi) is 5.70. The van der Waals surface area contributed by atoms with Crippen LogP contribution >= 0.6 is 0 Å². The zero-order valence-corrected chi connectivity index (χ0v) is 16.4. The summed E-state index contributed by atoms with van der Waals surface area (Å²) in [4.78, 5) is 1.18. The highest BCUT2D eigenvalue weighted by molar-refractivity contribution is 6.01. The molecular weight excluding hydrogens is 391 g/mol. The van der Waals surface area contributed by atoms with Gasteiger partial charge in [-0.2, -0.15) is 29.0 Å². The first-order chi connectivity index (χ1) is 14.2. The standard InChI is InChI=1S/C22H20F3N5/c1-2-7-30-8-6-18-17(11-30)19(14-4-3-5-15(9-14)22(23,24)25)16(10-26)20(29)21(18,12-27)13-28/h3-6,9,16-17,19,29H,2,7-8,11H2,1H3/p+1/t16-,17+,19-/m1/s1. The number of hydrogen-bond donors (Lipinski definition) is 2. The third kappa shape index (κ3) is 3.36. The van der Waals surface area contributed by atoms with Crippen LogP contribution in [0.3, 0.4) is 0 Å². The maximum atomic E-state index is 13.3. The molecule has 0 spiro atoms. The Morgan fingerprint density at radius 3 is 2.50 bits per heavy atom. The highest BCUT2D eigenvalue weighted by Crippen LogP contribution is 2.51. The molecule has 0 radical (unpaired) electrons. The minimum atomic E-state index is -4.53. The molecule has 0 saturated heterocycles. The van der Waals surface area contributed by atoms with Gasteiger partial charge in [0.2, 0.25) is 5.41 Å². The Labute approximate surface area is 173 Å². The lowest BCUT2D eigenvalue weighted by atomic mass is 9.55. The average Bonchev–Trinajstić information content (AvgIpc) is 2.73. The number of fused-ring (bicyclic) bond motifs is 1. The first kappa shape index (κ1) is 21.6. The largest absolute Gasteiger partial charge is 0.416 e. The molecule has 1 unspecified atom stereocenters. The lowest BCUT2D eigenvalue weighted by molar-refractivity contribution is -0.899. The summed E-state index contributed by atoms with van der Waals surface area (Å²) in [6.45, 7) is 3.93. The van der Waals surface area contributed by atoms with Crippen LogP contribution < -0.4 is 4.90 Å². The smallest absolute Gasteiger partial charge is 0.331 e.